The van der Waals surface area contributed by atoms with Gasteiger partial charge in [-0.2, -0.15) is 0 Å². The van der Waals surface area contributed by atoms with Gasteiger partial charge in [0.05, 0.1) is 27.7 Å². The summed E-state index contributed by atoms with van der Waals surface area (Å²) in [5.74, 6) is 0. The maximum absolute atomic E-state index is 2.62. The van der Waals surface area contributed by atoms with Crippen molar-refractivity contribution in [1.29, 1.82) is 0 Å². The van der Waals surface area contributed by atoms with Crippen molar-refractivity contribution in [1.82, 2.24) is 9.80 Å². The molecule has 96 valence electrons. The summed E-state index contributed by atoms with van der Waals surface area (Å²) in [5, 5.41) is 0. The Morgan fingerprint density at radius 2 is 1.56 bits per heavy atom. The molecule has 16 heavy (non-hydrogen) atoms. The Hall–Kier alpha value is -0.120. The molecule has 0 unspecified atom stereocenters. The van der Waals surface area contributed by atoms with Gasteiger partial charge in [0.1, 0.15) is 0 Å². The van der Waals surface area contributed by atoms with Crippen LogP contribution in [0.4, 0.5) is 0 Å². The fraction of sp³-hybridized carbons (Fsp3) is 1.00. The summed E-state index contributed by atoms with van der Waals surface area (Å²) >= 11 is 0. The molecule has 0 aromatic heterocycles. The molecule has 3 nitrogen and oxygen atoms in total. The van der Waals surface area contributed by atoms with Crippen molar-refractivity contribution in [3.63, 3.8) is 0 Å². The Labute approximate surface area is 102 Å². The van der Waals surface area contributed by atoms with Crippen molar-refractivity contribution in [2.45, 2.75) is 26.3 Å². The van der Waals surface area contributed by atoms with Gasteiger partial charge in [-0.15, -0.1) is 0 Å². The average Bonchev–Trinajstić information content (AvgIpc) is 2.16. The molecule has 0 saturated carbocycles. The molecule has 0 amide bonds. The summed E-state index contributed by atoms with van der Waals surface area (Å²) in [7, 11) is 6.82. The van der Waals surface area contributed by atoms with Gasteiger partial charge in [0.15, 0.2) is 0 Å². The Bertz CT molecular complexity index is 188. The quantitative estimate of drug-likeness (QED) is 0.651. The molecule has 0 atom stereocenters. The first kappa shape index (κ1) is 13.9. The average molecular weight is 228 g/mol. The summed E-state index contributed by atoms with van der Waals surface area (Å²) in [5.41, 5.74) is 0. The summed E-state index contributed by atoms with van der Waals surface area (Å²) < 4.78 is 1.09. The van der Waals surface area contributed by atoms with Crippen molar-refractivity contribution >= 4 is 0 Å². The summed E-state index contributed by atoms with van der Waals surface area (Å²) in [4.78, 5) is 5.20. The van der Waals surface area contributed by atoms with E-state index in [2.05, 4.69) is 44.8 Å². The molecule has 0 N–H and O–H groups in total. The van der Waals surface area contributed by atoms with E-state index in [1.54, 1.807) is 0 Å². The molecule has 0 bridgehead atoms. The van der Waals surface area contributed by atoms with Crippen LogP contribution in [0.1, 0.15) is 20.3 Å². The molecule has 1 heterocycles. The molecule has 1 aliphatic rings. The highest BCUT2D eigenvalue weighted by molar-refractivity contribution is 4.73. The lowest BCUT2D eigenvalue weighted by molar-refractivity contribution is -0.870. The Balaban J connectivity index is 2.13. The minimum Gasteiger partial charge on any atom is -0.331 e. The van der Waals surface area contributed by atoms with Gasteiger partial charge in [0.25, 0.3) is 0 Å². The molecular formula is C13H30N3+. The second-order valence-corrected chi connectivity index (χ2v) is 6.34. The van der Waals surface area contributed by atoms with Crippen LogP contribution in [0.15, 0.2) is 0 Å². The van der Waals surface area contributed by atoms with E-state index in [9.17, 15) is 0 Å². The highest BCUT2D eigenvalue weighted by atomic mass is 15.3. The molecule has 1 rings (SSSR count). The van der Waals surface area contributed by atoms with Crippen LogP contribution in [-0.4, -0.2) is 80.7 Å². The highest BCUT2D eigenvalue weighted by Gasteiger charge is 2.18. The zero-order chi connectivity index (χ0) is 12.2. The smallest absolute Gasteiger partial charge is 0.0792 e. The molecular weight excluding hydrogens is 198 g/mol. The number of piperazine rings is 1. The van der Waals surface area contributed by atoms with Crippen LogP contribution in [-0.2, 0) is 0 Å². The SMILES string of the molecule is CC(C)N1CCN(CCC[N+](C)(C)C)CC1. The van der Waals surface area contributed by atoms with Gasteiger partial charge in [-0.25, -0.2) is 0 Å². The van der Waals surface area contributed by atoms with Crippen LogP contribution in [0.2, 0.25) is 0 Å². The Morgan fingerprint density at radius 1 is 1.00 bits per heavy atom. The number of nitrogens with zero attached hydrogens (tertiary/aromatic N) is 3. The van der Waals surface area contributed by atoms with E-state index in [0.717, 1.165) is 4.48 Å². The third-order valence-corrected chi connectivity index (χ3v) is 3.44. The summed E-state index contributed by atoms with van der Waals surface area (Å²) in [6.45, 7) is 12.2. The largest absolute Gasteiger partial charge is 0.331 e. The summed E-state index contributed by atoms with van der Waals surface area (Å²) in [6.07, 6.45) is 1.32. The zero-order valence-electron chi connectivity index (χ0n) is 11.9. The van der Waals surface area contributed by atoms with E-state index in [4.69, 9.17) is 0 Å². The Morgan fingerprint density at radius 3 is 2.00 bits per heavy atom. The van der Waals surface area contributed by atoms with Crippen LogP contribution in [0.3, 0.4) is 0 Å². The molecule has 0 aliphatic carbocycles. The Kier molecular flexibility index (Phi) is 5.22. The maximum Gasteiger partial charge on any atom is 0.0792 e. The van der Waals surface area contributed by atoms with E-state index >= 15 is 0 Å². The fourth-order valence-electron chi connectivity index (χ4n) is 2.27. The molecule has 0 aromatic rings. The van der Waals surface area contributed by atoms with Crippen molar-refractivity contribution in [3.05, 3.63) is 0 Å². The molecule has 3 heteroatoms. The minimum absolute atomic E-state index is 0.716. The molecule has 0 spiro atoms. The van der Waals surface area contributed by atoms with Crippen LogP contribution in [0, 0.1) is 0 Å². The first-order valence-electron chi connectivity index (χ1n) is 6.65. The van der Waals surface area contributed by atoms with E-state index in [-0.39, 0.29) is 0 Å². The number of hydrogen-bond donors (Lipinski definition) is 0. The molecule has 1 fully saturated rings. The fourth-order valence-corrected chi connectivity index (χ4v) is 2.27. The van der Waals surface area contributed by atoms with Gasteiger partial charge in [-0.3, -0.25) is 4.90 Å². The number of quaternary nitrogens is 1. The van der Waals surface area contributed by atoms with Crippen LogP contribution in [0.5, 0.6) is 0 Å². The first-order valence-corrected chi connectivity index (χ1v) is 6.65. The van der Waals surface area contributed by atoms with Crippen LogP contribution in [0.25, 0.3) is 0 Å². The van der Waals surface area contributed by atoms with Gasteiger partial charge in [0.2, 0.25) is 0 Å². The predicted molar refractivity (Wildman–Crippen MR) is 70.7 cm³/mol. The van der Waals surface area contributed by atoms with Crippen LogP contribution < -0.4 is 0 Å². The first-order chi connectivity index (χ1) is 7.38. The van der Waals surface area contributed by atoms with Crippen molar-refractivity contribution in [2.24, 2.45) is 0 Å². The molecule has 1 saturated heterocycles. The lowest BCUT2D eigenvalue weighted by atomic mass is 10.2. The normalized spacial score (nSPS) is 20.6. The number of rotatable bonds is 5. The lowest BCUT2D eigenvalue weighted by Crippen LogP contribution is -2.49. The predicted octanol–water partition coefficient (Wildman–Crippen LogP) is 1.11. The van der Waals surface area contributed by atoms with E-state index in [0.29, 0.717) is 6.04 Å². The molecule has 0 aromatic carbocycles. The third kappa shape index (κ3) is 5.28. The third-order valence-electron chi connectivity index (χ3n) is 3.44. The lowest BCUT2D eigenvalue weighted by Gasteiger charge is -2.37. The van der Waals surface area contributed by atoms with Gasteiger partial charge in [-0.1, -0.05) is 0 Å². The highest BCUT2D eigenvalue weighted by Crippen LogP contribution is 2.06. The minimum atomic E-state index is 0.716. The van der Waals surface area contributed by atoms with Gasteiger partial charge < -0.3 is 9.38 Å². The van der Waals surface area contributed by atoms with Crippen molar-refractivity contribution in [3.8, 4) is 0 Å². The topological polar surface area (TPSA) is 6.48 Å². The van der Waals surface area contributed by atoms with Gasteiger partial charge in [0, 0.05) is 45.2 Å². The zero-order valence-corrected chi connectivity index (χ0v) is 11.9. The monoisotopic (exact) mass is 228 g/mol. The van der Waals surface area contributed by atoms with E-state index < -0.39 is 0 Å². The van der Waals surface area contributed by atoms with Crippen molar-refractivity contribution in [2.75, 3.05) is 60.4 Å². The molecule has 0 radical (unpaired) electrons. The molecule has 1 aliphatic heterocycles. The maximum atomic E-state index is 2.62. The van der Waals surface area contributed by atoms with Crippen LogP contribution >= 0.6 is 0 Å². The van der Waals surface area contributed by atoms with Gasteiger partial charge in [-0.05, 0) is 13.8 Å². The van der Waals surface area contributed by atoms with Gasteiger partial charge >= 0.3 is 0 Å². The standard InChI is InChI=1S/C13H30N3/c1-13(2)15-10-8-14(9-11-15)7-6-12-16(3,4)5/h13H,6-12H2,1-5H3/q+1. The second-order valence-electron chi connectivity index (χ2n) is 6.34. The van der Waals surface area contributed by atoms with Crippen molar-refractivity contribution < 1.29 is 4.48 Å². The number of hydrogen-bond acceptors (Lipinski definition) is 2. The summed E-state index contributed by atoms with van der Waals surface area (Å²) in [6, 6.07) is 0.716. The van der Waals surface area contributed by atoms with E-state index in [1.807, 2.05) is 0 Å². The second kappa shape index (κ2) is 5.99. The van der Waals surface area contributed by atoms with E-state index in [1.165, 1.54) is 45.7 Å².